The Bertz CT molecular complexity index is 3240. The zero-order valence-corrected chi connectivity index (χ0v) is 75.8. The summed E-state index contributed by atoms with van der Waals surface area (Å²) in [6.45, 7) is 6.04. The van der Waals surface area contributed by atoms with Gasteiger partial charge in [-0.1, -0.05) is 50.7 Å². The van der Waals surface area contributed by atoms with Crippen molar-refractivity contribution >= 4 is 65.0 Å². The van der Waals surface area contributed by atoms with Crippen molar-refractivity contribution in [3.8, 4) is 0 Å². The van der Waals surface area contributed by atoms with Crippen molar-refractivity contribution in [2.24, 2.45) is 17.8 Å². The summed E-state index contributed by atoms with van der Waals surface area (Å²) in [5.74, 6) is -1.21. The SMILES string of the molecule is CC(=O)NC1C(OCCCCC(=O)NCCCNC(=O)CCOCC(COCCC(=O)NCCCNC(=O)CCCCOC2OC(CO)C(O)C(O)C2NC(C)=O)(COCCC(=O)NCCCNC(=O)CCCCOC2OC(CO)C(O)C(O)C2NC(C)=O)NC(=O)CCCCCCCCCCC(=O)NCCCn2nnc3c2CCC2C(CC3)[C@H]2C)OC(CO)C(O)C1O. The number of aromatic nitrogens is 3. The van der Waals surface area contributed by atoms with Gasteiger partial charge in [0.15, 0.2) is 18.9 Å². The summed E-state index contributed by atoms with van der Waals surface area (Å²) in [4.78, 5) is 140. The van der Waals surface area contributed by atoms with Gasteiger partial charge in [0.2, 0.25) is 65.0 Å². The van der Waals surface area contributed by atoms with Gasteiger partial charge < -0.3 is 147 Å². The lowest BCUT2D eigenvalue weighted by molar-refractivity contribution is -0.270. The zero-order chi connectivity index (χ0) is 93.9. The molecule has 0 bridgehead atoms. The van der Waals surface area contributed by atoms with Crippen molar-refractivity contribution in [2.75, 3.05) is 125 Å². The number of rotatable bonds is 67. The quantitative estimate of drug-likeness (QED) is 0.0285. The molecule has 43 nitrogen and oxygen atoms in total. The smallest absolute Gasteiger partial charge is 0.222 e. The summed E-state index contributed by atoms with van der Waals surface area (Å²) in [5, 5.41) is 131. The van der Waals surface area contributed by atoms with Crippen LogP contribution in [-0.4, -0.2) is 348 Å². The third-order valence-corrected chi connectivity index (χ3v) is 23.5. The van der Waals surface area contributed by atoms with Gasteiger partial charge in [-0.2, -0.15) is 0 Å². The average Bonchev–Trinajstić information content (AvgIpc) is 1.57. The number of unbranched alkanes of at least 4 members (excludes halogenated alkanes) is 10. The Morgan fingerprint density at radius 2 is 0.667 bits per heavy atom. The first-order valence-electron chi connectivity index (χ1n) is 46.4. The summed E-state index contributed by atoms with van der Waals surface area (Å²) in [6.07, 6.45) is 0.390. The molecule has 6 rings (SSSR count). The van der Waals surface area contributed by atoms with Crippen LogP contribution in [0.15, 0.2) is 0 Å². The van der Waals surface area contributed by atoms with Crippen LogP contribution in [0.1, 0.15) is 219 Å². The minimum atomic E-state index is -1.46. The number of carbonyl (C=O) groups excluding carboxylic acids is 11. The van der Waals surface area contributed by atoms with Gasteiger partial charge in [0.1, 0.15) is 78.6 Å². The molecule has 11 amide bonds. The largest absolute Gasteiger partial charge is 0.394 e. The summed E-state index contributed by atoms with van der Waals surface area (Å²) < 4.78 is 54.4. The van der Waals surface area contributed by atoms with Crippen molar-refractivity contribution in [3.63, 3.8) is 0 Å². The number of fused-ring (bicyclic) bond motifs is 2. The molecule has 1 saturated carbocycles. The number of hydrogen-bond donors (Lipinski definition) is 20. The van der Waals surface area contributed by atoms with Crippen LogP contribution in [0.25, 0.3) is 0 Å². The third-order valence-electron chi connectivity index (χ3n) is 23.5. The van der Waals surface area contributed by atoms with Crippen LogP contribution in [0, 0.1) is 17.8 Å². The fourth-order valence-corrected chi connectivity index (χ4v) is 16.0. The minimum absolute atomic E-state index is 0.0374. The summed E-state index contributed by atoms with van der Waals surface area (Å²) >= 11 is 0. The van der Waals surface area contributed by atoms with Crippen molar-refractivity contribution in [2.45, 2.75) is 324 Å². The van der Waals surface area contributed by atoms with Gasteiger partial charge in [-0.25, -0.2) is 4.68 Å². The van der Waals surface area contributed by atoms with E-state index in [1.807, 2.05) is 4.68 Å². The van der Waals surface area contributed by atoms with Crippen LogP contribution in [0.3, 0.4) is 0 Å². The predicted octanol–water partition coefficient (Wildman–Crippen LogP) is -3.22. The Kier molecular flexibility index (Phi) is 53.2. The van der Waals surface area contributed by atoms with Gasteiger partial charge in [-0.05, 0) is 120 Å². The van der Waals surface area contributed by atoms with Crippen LogP contribution in [0.4, 0.5) is 0 Å². The molecule has 129 heavy (non-hydrogen) atoms. The van der Waals surface area contributed by atoms with Crippen LogP contribution in [-0.2, 0) is 115 Å². The standard InChI is InChI=1S/C86H150N14O29/c1-55-59-28-30-61-62(31-29-60(55)59)100(99-98-61)42-22-41-93-66(107)23-11-9-7-5-6-8-10-12-27-73(114)97-86(52-121-46-32-70(111)90-38-19-35-87-67(108)24-13-16-43-124-83-74(94-56(2)104)80(118)77(115)63(49-101)127-83,53-122-47-33-71(112)91-39-20-36-88-68(109)25-14-17-44-125-84-75(95-57(3)105)81(119)78(116)64(50-102)128-84)54-123-48-34-72(113)92-40-21-37-89-69(110)26-15-18-45-126-85-76(96-58(4)106)82(120)79(117)65(51-103)129-85/h55,59-60,63-65,74-85,101-103,115-120H,5-54H2,1-4H3,(H,87,108)(H,88,109)(H,89,110)(H,90,111)(H,91,112)(H,92,113)(H,93,107)(H,94,104)(H,95,105)(H,96,106)(H,97,114)/t55-,59?,60?,63?,64?,65?,74?,75?,76?,77?,78?,79?,80?,81?,82?,83?,84?,85?,86?/m1/s1. The Morgan fingerprint density at radius 1 is 0.372 bits per heavy atom. The molecule has 2 aliphatic carbocycles. The van der Waals surface area contributed by atoms with E-state index in [2.05, 4.69) is 75.7 Å². The lowest BCUT2D eigenvalue weighted by atomic mass is 9.97. The van der Waals surface area contributed by atoms with Crippen molar-refractivity contribution in [3.05, 3.63) is 11.4 Å². The van der Waals surface area contributed by atoms with Gasteiger partial charge in [0.25, 0.3) is 0 Å². The summed E-state index contributed by atoms with van der Waals surface area (Å²) in [6, 6.07) is -3.29. The van der Waals surface area contributed by atoms with E-state index in [0.29, 0.717) is 77.2 Å². The third kappa shape index (κ3) is 42.1. The van der Waals surface area contributed by atoms with Crippen molar-refractivity contribution in [1.82, 2.24) is 73.5 Å². The van der Waals surface area contributed by atoms with E-state index >= 15 is 0 Å². The number of aliphatic hydroxyl groups is 9. The van der Waals surface area contributed by atoms with Crippen molar-refractivity contribution < 1.29 is 141 Å². The average molecular weight is 1840 g/mol. The first kappa shape index (κ1) is 110. The molecule has 4 heterocycles. The molecule has 3 saturated heterocycles. The molecule has 0 radical (unpaired) electrons. The van der Waals surface area contributed by atoms with Crippen LogP contribution >= 0.6 is 0 Å². The molecular formula is C86H150N14O29. The Morgan fingerprint density at radius 3 is 0.992 bits per heavy atom. The molecule has 18 atom stereocenters. The predicted molar refractivity (Wildman–Crippen MR) is 461 cm³/mol. The monoisotopic (exact) mass is 1840 g/mol. The highest BCUT2D eigenvalue weighted by Gasteiger charge is 2.49. The summed E-state index contributed by atoms with van der Waals surface area (Å²) in [7, 11) is 0. The molecular weight excluding hydrogens is 1690 g/mol. The molecule has 20 N–H and O–H groups in total. The lowest BCUT2D eigenvalue weighted by Crippen LogP contribution is -2.64. The number of ether oxygens (including phenoxy) is 9. The number of nitrogens with one attached hydrogen (secondary N) is 11. The summed E-state index contributed by atoms with van der Waals surface area (Å²) in [5.41, 5.74) is 0.950. The molecule has 3 aliphatic heterocycles. The van der Waals surface area contributed by atoms with E-state index in [1.54, 1.807) is 0 Å². The van der Waals surface area contributed by atoms with E-state index in [0.717, 1.165) is 94.2 Å². The number of aliphatic hydroxyl groups excluding tert-OH is 9. The molecule has 4 fully saturated rings. The van der Waals surface area contributed by atoms with E-state index in [1.165, 1.54) is 39.3 Å². The maximum atomic E-state index is 14.1. The zero-order valence-electron chi connectivity index (χ0n) is 75.8. The van der Waals surface area contributed by atoms with Gasteiger partial charge in [-0.3, -0.25) is 52.7 Å². The second-order valence-electron chi connectivity index (χ2n) is 34.2. The number of amides is 11. The van der Waals surface area contributed by atoms with Gasteiger partial charge in [-0.15, -0.1) is 5.10 Å². The topological polar surface area (TPSA) is 616 Å². The van der Waals surface area contributed by atoms with E-state index in [9.17, 15) is 98.7 Å². The van der Waals surface area contributed by atoms with Gasteiger partial charge >= 0.3 is 0 Å². The lowest BCUT2D eigenvalue weighted by Gasteiger charge is -2.42. The van der Waals surface area contributed by atoms with Crippen molar-refractivity contribution in [1.29, 1.82) is 0 Å². The second kappa shape index (κ2) is 62.1. The molecule has 5 aliphatic rings. The Balaban J connectivity index is 0.959. The number of aryl methyl sites for hydroxylation is 2. The second-order valence-corrected chi connectivity index (χ2v) is 34.2. The molecule has 738 valence electrons. The van der Waals surface area contributed by atoms with Gasteiger partial charge in [0.05, 0.1) is 70.8 Å². The number of hydrogen-bond acceptors (Lipinski definition) is 31. The first-order valence-corrected chi connectivity index (χ1v) is 46.4. The fourth-order valence-electron chi connectivity index (χ4n) is 16.0. The maximum Gasteiger partial charge on any atom is 0.222 e. The highest BCUT2D eigenvalue weighted by molar-refractivity contribution is 5.79. The maximum absolute atomic E-state index is 14.1. The first-order chi connectivity index (χ1) is 62.1. The normalized spacial score (nSPS) is 25.2. The molecule has 1 aromatic rings. The van der Waals surface area contributed by atoms with Crippen LogP contribution in [0.5, 0.6) is 0 Å². The molecule has 17 unspecified atom stereocenters. The molecule has 1 aromatic heterocycles. The Labute approximate surface area is 755 Å². The minimum Gasteiger partial charge on any atom is -0.394 e. The van der Waals surface area contributed by atoms with E-state index < -0.39 is 135 Å². The molecule has 0 spiro atoms. The number of carbonyl (C=O) groups is 11. The Hall–Kier alpha value is -7.41. The van der Waals surface area contributed by atoms with Crippen LogP contribution in [0.2, 0.25) is 0 Å². The highest BCUT2D eigenvalue weighted by Crippen LogP contribution is 2.52. The van der Waals surface area contributed by atoms with Gasteiger partial charge in [0, 0.05) is 144 Å². The fraction of sp³-hybridized carbons (Fsp3) is 0.849. The number of nitrogens with zero attached hydrogens (tertiary/aromatic N) is 3. The highest BCUT2D eigenvalue weighted by atomic mass is 16.7. The van der Waals surface area contributed by atoms with E-state index in [4.69, 9.17) is 42.6 Å². The van der Waals surface area contributed by atoms with E-state index in [-0.39, 0.29) is 191 Å². The molecule has 0 aromatic carbocycles. The molecule has 43 heteroatoms. The van der Waals surface area contributed by atoms with Crippen LogP contribution < -0.4 is 58.5 Å².